The van der Waals surface area contributed by atoms with Crippen molar-refractivity contribution in [3.63, 3.8) is 0 Å². The minimum Gasteiger partial charge on any atom is -0.465 e. The maximum atomic E-state index is 12.4. The Morgan fingerprint density at radius 2 is 2.20 bits per heavy atom. The smallest absolute Gasteiger partial charge is 0.313 e. The topological polar surface area (TPSA) is 69.7 Å². The fourth-order valence-corrected chi connectivity index (χ4v) is 5.39. The van der Waals surface area contributed by atoms with E-state index < -0.39 is 15.5 Å². The molecule has 2 aliphatic rings. The van der Waals surface area contributed by atoms with Crippen LogP contribution in [0.5, 0.6) is 5.75 Å². The predicted molar refractivity (Wildman–Crippen MR) is 97.8 cm³/mol. The second-order valence-electron chi connectivity index (χ2n) is 6.87. The number of hydrogen-bond donors (Lipinski definition) is 0. The summed E-state index contributed by atoms with van der Waals surface area (Å²) in [4.78, 5) is 12.4. The monoisotopic (exact) mass is 428 g/mol. The van der Waals surface area contributed by atoms with Gasteiger partial charge in [0.25, 0.3) is 0 Å². The molecule has 1 aromatic rings. The maximum absolute atomic E-state index is 12.4. The molecule has 1 heterocycles. The van der Waals surface area contributed by atoms with Gasteiger partial charge >= 0.3 is 16.1 Å². The van der Waals surface area contributed by atoms with Crippen LogP contribution in [0.3, 0.4) is 0 Å². The molecular formula is C18H21BrO5S. The SMILES string of the molecule is C=C1CC2COC(=O)C2(Cc2ccc(OS(=O)(=O)CCC)c(Br)c2)C1. The number of carbonyl (C=O) groups is 1. The lowest BCUT2D eigenvalue weighted by molar-refractivity contribution is -0.146. The third kappa shape index (κ3) is 3.62. The molecule has 1 aromatic carbocycles. The van der Waals surface area contributed by atoms with E-state index in [2.05, 4.69) is 22.5 Å². The van der Waals surface area contributed by atoms with Crippen LogP contribution in [-0.2, 0) is 26.1 Å². The van der Waals surface area contributed by atoms with Gasteiger partial charge in [0, 0.05) is 5.92 Å². The number of rotatable bonds is 6. The Morgan fingerprint density at radius 3 is 2.88 bits per heavy atom. The number of benzene rings is 1. The van der Waals surface area contributed by atoms with Crippen LogP contribution in [0.4, 0.5) is 0 Å². The average molecular weight is 429 g/mol. The van der Waals surface area contributed by atoms with Crippen molar-refractivity contribution < 1.29 is 22.1 Å². The molecule has 2 fully saturated rings. The van der Waals surface area contributed by atoms with Gasteiger partial charge in [0.2, 0.25) is 0 Å². The lowest BCUT2D eigenvalue weighted by atomic mass is 9.75. The van der Waals surface area contributed by atoms with Gasteiger partial charge in [-0.15, -0.1) is 0 Å². The quantitative estimate of drug-likeness (QED) is 0.393. The van der Waals surface area contributed by atoms with Crippen LogP contribution in [0.2, 0.25) is 0 Å². The molecule has 1 saturated heterocycles. The zero-order valence-corrected chi connectivity index (χ0v) is 16.5. The minimum absolute atomic E-state index is 0.0278. The van der Waals surface area contributed by atoms with Crippen molar-refractivity contribution in [2.75, 3.05) is 12.4 Å². The van der Waals surface area contributed by atoms with Gasteiger partial charge in [0.05, 0.1) is 22.2 Å². The predicted octanol–water partition coefficient (Wildman–Crippen LogP) is 3.62. The molecule has 0 radical (unpaired) electrons. The van der Waals surface area contributed by atoms with Gasteiger partial charge in [-0.05, 0) is 59.3 Å². The highest BCUT2D eigenvalue weighted by molar-refractivity contribution is 9.10. The molecule has 5 nitrogen and oxygen atoms in total. The molecular weight excluding hydrogens is 408 g/mol. The van der Waals surface area contributed by atoms with Crippen LogP contribution in [-0.4, -0.2) is 26.7 Å². The normalized spacial score (nSPS) is 25.8. The maximum Gasteiger partial charge on any atom is 0.313 e. The number of allylic oxidation sites excluding steroid dienone is 1. The molecule has 25 heavy (non-hydrogen) atoms. The van der Waals surface area contributed by atoms with Crippen molar-refractivity contribution in [2.24, 2.45) is 11.3 Å². The Hall–Kier alpha value is -1.34. The highest BCUT2D eigenvalue weighted by Crippen LogP contribution is 2.52. The summed E-state index contributed by atoms with van der Waals surface area (Å²) in [5.41, 5.74) is 1.49. The lowest BCUT2D eigenvalue weighted by Gasteiger charge is -2.24. The van der Waals surface area contributed by atoms with E-state index in [9.17, 15) is 13.2 Å². The second-order valence-corrected chi connectivity index (χ2v) is 9.41. The van der Waals surface area contributed by atoms with Crippen molar-refractivity contribution in [2.45, 2.75) is 32.6 Å². The largest absolute Gasteiger partial charge is 0.465 e. The summed E-state index contributed by atoms with van der Waals surface area (Å²) in [5.74, 6) is 0.251. The third-order valence-electron chi connectivity index (χ3n) is 4.89. The first-order valence-corrected chi connectivity index (χ1v) is 10.7. The molecule has 0 spiro atoms. The Kier molecular flexibility index (Phi) is 4.99. The van der Waals surface area contributed by atoms with E-state index in [0.29, 0.717) is 30.3 Å². The van der Waals surface area contributed by atoms with E-state index in [1.807, 2.05) is 6.07 Å². The number of cyclic esters (lactones) is 1. The van der Waals surface area contributed by atoms with Crippen LogP contribution >= 0.6 is 15.9 Å². The molecule has 136 valence electrons. The van der Waals surface area contributed by atoms with Crippen LogP contribution in [0.25, 0.3) is 0 Å². The van der Waals surface area contributed by atoms with Crippen LogP contribution in [0.1, 0.15) is 31.7 Å². The summed E-state index contributed by atoms with van der Waals surface area (Å²) in [5, 5.41) is 0. The van der Waals surface area contributed by atoms with Crippen molar-refractivity contribution in [1.29, 1.82) is 0 Å². The summed E-state index contributed by atoms with van der Waals surface area (Å²) < 4.78 is 34.7. The Morgan fingerprint density at radius 1 is 1.44 bits per heavy atom. The summed E-state index contributed by atoms with van der Waals surface area (Å²) in [6.45, 7) is 6.28. The number of halogens is 1. The fraction of sp³-hybridized carbons (Fsp3) is 0.500. The highest BCUT2D eigenvalue weighted by Gasteiger charge is 2.55. The van der Waals surface area contributed by atoms with Crippen LogP contribution < -0.4 is 4.18 Å². The van der Waals surface area contributed by atoms with E-state index in [1.165, 1.54) is 0 Å². The van der Waals surface area contributed by atoms with Crippen LogP contribution in [0.15, 0.2) is 34.8 Å². The molecule has 1 saturated carbocycles. The first-order valence-electron chi connectivity index (χ1n) is 8.30. The molecule has 2 atom stereocenters. The van der Waals surface area contributed by atoms with E-state index in [-0.39, 0.29) is 23.4 Å². The fourth-order valence-electron chi connectivity index (χ4n) is 3.78. The number of ether oxygens (including phenoxy) is 1. The highest BCUT2D eigenvalue weighted by atomic mass is 79.9. The summed E-state index contributed by atoms with van der Waals surface area (Å²) in [7, 11) is -3.59. The van der Waals surface area contributed by atoms with Gasteiger partial charge in [-0.2, -0.15) is 8.42 Å². The lowest BCUT2D eigenvalue weighted by Crippen LogP contribution is -2.31. The van der Waals surface area contributed by atoms with E-state index in [0.717, 1.165) is 17.6 Å². The summed E-state index contributed by atoms with van der Waals surface area (Å²) >= 11 is 3.37. The Bertz CT molecular complexity index is 817. The molecule has 2 unspecified atom stereocenters. The zero-order chi connectivity index (χ0) is 18.2. The van der Waals surface area contributed by atoms with Crippen LogP contribution in [0, 0.1) is 11.3 Å². The van der Waals surface area contributed by atoms with E-state index in [1.54, 1.807) is 19.1 Å². The number of hydrogen-bond acceptors (Lipinski definition) is 5. The average Bonchev–Trinajstić information content (AvgIpc) is 2.97. The van der Waals surface area contributed by atoms with Crippen molar-refractivity contribution >= 4 is 32.0 Å². The van der Waals surface area contributed by atoms with Crippen molar-refractivity contribution in [3.05, 3.63) is 40.4 Å². The molecule has 7 heteroatoms. The first kappa shape index (κ1) is 18.5. The number of carbonyl (C=O) groups excluding carboxylic acids is 1. The van der Waals surface area contributed by atoms with Gasteiger partial charge in [-0.1, -0.05) is 25.1 Å². The van der Waals surface area contributed by atoms with Gasteiger partial charge in [-0.25, -0.2) is 0 Å². The zero-order valence-electron chi connectivity index (χ0n) is 14.1. The molecule has 0 bridgehead atoms. The minimum atomic E-state index is -3.59. The van der Waals surface area contributed by atoms with Gasteiger partial charge < -0.3 is 8.92 Å². The summed E-state index contributed by atoms with van der Waals surface area (Å²) in [6, 6.07) is 5.25. The Balaban J connectivity index is 1.82. The molecule has 1 aliphatic carbocycles. The number of fused-ring (bicyclic) bond motifs is 1. The van der Waals surface area contributed by atoms with Gasteiger partial charge in [0.1, 0.15) is 0 Å². The van der Waals surface area contributed by atoms with Gasteiger partial charge in [-0.3, -0.25) is 4.79 Å². The van der Waals surface area contributed by atoms with Gasteiger partial charge in [0.15, 0.2) is 5.75 Å². The molecule has 0 N–H and O–H groups in total. The standard InChI is InChI=1S/C18H21BrO5S/c1-3-6-25(21,22)24-16-5-4-13(8-15(16)19)10-18-9-12(2)7-14(18)11-23-17(18)20/h4-5,8,14H,2-3,6-7,9-11H2,1H3. The molecule has 1 aliphatic heterocycles. The van der Waals surface area contributed by atoms with E-state index in [4.69, 9.17) is 8.92 Å². The first-order chi connectivity index (χ1) is 11.8. The molecule has 3 rings (SSSR count). The third-order valence-corrected chi connectivity index (χ3v) is 6.85. The second kappa shape index (κ2) is 6.76. The molecule has 0 aromatic heterocycles. The Labute approximate surface area is 156 Å². The molecule has 0 amide bonds. The van der Waals surface area contributed by atoms with Crippen molar-refractivity contribution in [1.82, 2.24) is 0 Å². The summed E-state index contributed by atoms with van der Waals surface area (Å²) in [6.07, 6.45) is 2.52. The number of esters is 1. The van der Waals surface area contributed by atoms with E-state index >= 15 is 0 Å². The van der Waals surface area contributed by atoms with Crippen molar-refractivity contribution in [3.8, 4) is 5.75 Å².